The molecule has 1 fully saturated rings. The normalized spacial score (nSPS) is 24.0. The molecule has 0 aromatic rings. The molecule has 0 aliphatic carbocycles. The lowest BCUT2D eigenvalue weighted by molar-refractivity contribution is 0.236. The predicted molar refractivity (Wildman–Crippen MR) is 56.1 cm³/mol. The minimum absolute atomic E-state index is 0.0951. The second kappa shape index (κ2) is 4.41. The van der Waals surface area contributed by atoms with Gasteiger partial charge in [-0.1, -0.05) is 11.2 Å². The summed E-state index contributed by atoms with van der Waals surface area (Å²) in [5.74, 6) is 0.455. The van der Waals surface area contributed by atoms with Gasteiger partial charge in [0, 0.05) is 26.2 Å². The Morgan fingerprint density at radius 2 is 2.13 bits per heavy atom. The Hall–Kier alpha value is -1.40. The number of carbonyl (C=O) groups is 1. The van der Waals surface area contributed by atoms with E-state index in [4.69, 9.17) is 0 Å². The van der Waals surface area contributed by atoms with Crippen molar-refractivity contribution in [1.29, 1.82) is 0 Å². The number of piperazine rings is 1. The molecular weight excluding hydrogens is 194 g/mol. The van der Waals surface area contributed by atoms with Crippen LogP contribution in [0.5, 0.6) is 0 Å². The molecule has 1 atom stereocenters. The zero-order valence-electron chi connectivity index (χ0n) is 8.39. The SMILES string of the molecule is C=CC(C1=NC(=O)N=N1)N1CCNCC1. The number of amidine groups is 1. The number of hydrogen-bond donors (Lipinski definition) is 1. The summed E-state index contributed by atoms with van der Waals surface area (Å²) in [5.41, 5.74) is 0. The van der Waals surface area contributed by atoms with Gasteiger partial charge in [0.2, 0.25) is 0 Å². The topological polar surface area (TPSA) is 69.4 Å². The Balaban J connectivity index is 2.09. The van der Waals surface area contributed by atoms with Crippen LogP contribution in [0.25, 0.3) is 0 Å². The summed E-state index contributed by atoms with van der Waals surface area (Å²) in [6, 6.07) is -0.616. The first-order valence-electron chi connectivity index (χ1n) is 4.93. The Bertz CT molecular complexity index is 329. The molecule has 2 aliphatic heterocycles. The summed E-state index contributed by atoms with van der Waals surface area (Å²) in [4.78, 5) is 16.8. The van der Waals surface area contributed by atoms with E-state index >= 15 is 0 Å². The van der Waals surface area contributed by atoms with Crippen LogP contribution < -0.4 is 5.32 Å². The number of hydrogen-bond acceptors (Lipinski definition) is 4. The van der Waals surface area contributed by atoms with Gasteiger partial charge in [0.05, 0.1) is 6.04 Å². The molecule has 2 rings (SSSR count). The first kappa shape index (κ1) is 10.1. The highest BCUT2D eigenvalue weighted by molar-refractivity contribution is 6.02. The van der Waals surface area contributed by atoms with Crippen molar-refractivity contribution in [2.75, 3.05) is 26.2 Å². The zero-order valence-corrected chi connectivity index (χ0v) is 8.39. The molecule has 0 aromatic carbocycles. The van der Waals surface area contributed by atoms with Gasteiger partial charge in [-0.05, 0) is 0 Å². The van der Waals surface area contributed by atoms with Gasteiger partial charge in [-0.15, -0.1) is 11.7 Å². The van der Waals surface area contributed by atoms with Gasteiger partial charge in [-0.3, -0.25) is 4.90 Å². The average Bonchev–Trinajstić information content (AvgIpc) is 2.68. The molecule has 1 N–H and O–H groups in total. The van der Waals surface area contributed by atoms with Crippen LogP contribution >= 0.6 is 0 Å². The van der Waals surface area contributed by atoms with Gasteiger partial charge < -0.3 is 5.32 Å². The molecular formula is C9H13N5O. The minimum atomic E-state index is -0.521. The van der Waals surface area contributed by atoms with Crippen molar-refractivity contribution < 1.29 is 4.79 Å². The molecule has 0 saturated carbocycles. The van der Waals surface area contributed by atoms with Crippen molar-refractivity contribution >= 4 is 11.9 Å². The molecule has 6 heteroatoms. The molecule has 0 radical (unpaired) electrons. The molecule has 2 amide bonds. The van der Waals surface area contributed by atoms with E-state index in [1.54, 1.807) is 6.08 Å². The fourth-order valence-electron chi connectivity index (χ4n) is 1.74. The number of amides is 2. The van der Waals surface area contributed by atoms with E-state index in [9.17, 15) is 4.79 Å². The van der Waals surface area contributed by atoms with E-state index < -0.39 is 6.03 Å². The van der Waals surface area contributed by atoms with Crippen LogP contribution in [0.3, 0.4) is 0 Å². The van der Waals surface area contributed by atoms with Crippen LogP contribution in [0, 0.1) is 0 Å². The Kier molecular flexibility index (Phi) is 2.98. The maximum atomic E-state index is 10.8. The average molecular weight is 207 g/mol. The molecule has 15 heavy (non-hydrogen) atoms. The zero-order chi connectivity index (χ0) is 10.7. The van der Waals surface area contributed by atoms with Crippen LogP contribution in [0.15, 0.2) is 27.9 Å². The first-order chi connectivity index (χ1) is 7.31. The number of nitrogens with one attached hydrogen (secondary N) is 1. The summed E-state index contributed by atoms with van der Waals surface area (Å²) in [5, 5.41) is 10.4. The van der Waals surface area contributed by atoms with Crippen LogP contribution in [-0.2, 0) is 0 Å². The van der Waals surface area contributed by atoms with Crippen LogP contribution in [-0.4, -0.2) is 49.0 Å². The molecule has 80 valence electrons. The fraction of sp³-hybridized carbons (Fsp3) is 0.556. The number of azo groups is 1. The van der Waals surface area contributed by atoms with E-state index in [0.29, 0.717) is 5.84 Å². The van der Waals surface area contributed by atoms with Gasteiger partial charge in [-0.2, -0.15) is 4.99 Å². The quantitative estimate of drug-likeness (QED) is 0.682. The van der Waals surface area contributed by atoms with E-state index in [-0.39, 0.29) is 6.04 Å². The van der Waals surface area contributed by atoms with Crippen molar-refractivity contribution in [3.8, 4) is 0 Å². The van der Waals surface area contributed by atoms with E-state index in [0.717, 1.165) is 26.2 Å². The highest BCUT2D eigenvalue weighted by atomic mass is 16.2. The van der Waals surface area contributed by atoms with Crippen molar-refractivity contribution in [3.63, 3.8) is 0 Å². The lowest BCUT2D eigenvalue weighted by atomic mass is 10.2. The summed E-state index contributed by atoms with van der Waals surface area (Å²) >= 11 is 0. The third-order valence-electron chi connectivity index (χ3n) is 2.48. The van der Waals surface area contributed by atoms with Gasteiger partial charge in [0.1, 0.15) is 0 Å². The largest absolute Gasteiger partial charge is 0.387 e. The smallest absolute Gasteiger partial charge is 0.314 e. The van der Waals surface area contributed by atoms with Crippen LogP contribution in [0.2, 0.25) is 0 Å². The van der Waals surface area contributed by atoms with Crippen LogP contribution in [0.4, 0.5) is 4.79 Å². The highest BCUT2D eigenvalue weighted by Crippen LogP contribution is 2.11. The Morgan fingerprint density at radius 3 is 2.67 bits per heavy atom. The Labute approximate surface area is 87.8 Å². The standard InChI is InChI=1S/C9H13N5O/c1-2-7(8-11-9(15)13-12-8)14-5-3-10-4-6-14/h2,7,10H,1,3-6H2. The second-order valence-electron chi connectivity index (χ2n) is 3.42. The molecule has 1 unspecified atom stereocenters. The van der Waals surface area contributed by atoms with Crippen molar-refractivity contribution in [3.05, 3.63) is 12.7 Å². The van der Waals surface area contributed by atoms with Gasteiger partial charge in [-0.25, -0.2) is 4.79 Å². The molecule has 0 spiro atoms. The maximum absolute atomic E-state index is 10.8. The molecule has 0 aromatic heterocycles. The number of nitrogens with zero attached hydrogens (tertiary/aromatic N) is 4. The summed E-state index contributed by atoms with van der Waals surface area (Å²) < 4.78 is 0. The lowest BCUT2D eigenvalue weighted by Gasteiger charge is -2.31. The Morgan fingerprint density at radius 1 is 1.40 bits per heavy atom. The summed E-state index contributed by atoms with van der Waals surface area (Å²) in [6.07, 6.45) is 1.75. The molecule has 2 heterocycles. The summed E-state index contributed by atoms with van der Waals surface area (Å²) in [7, 11) is 0. The van der Waals surface area contributed by atoms with Crippen LogP contribution in [0.1, 0.15) is 0 Å². The van der Waals surface area contributed by atoms with Gasteiger partial charge >= 0.3 is 6.03 Å². The first-order valence-corrected chi connectivity index (χ1v) is 4.93. The van der Waals surface area contributed by atoms with Crippen molar-refractivity contribution in [2.24, 2.45) is 15.2 Å². The van der Waals surface area contributed by atoms with E-state index in [1.807, 2.05) is 0 Å². The minimum Gasteiger partial charge on any atom is -0.314 e. The van der Waals surface area contributed by atoms with Crippen molar-refractivity contribution in [2.45, 2.75) is 6.04 Å². The summed E-state index contributed by atoms with van der Waals surface area (Å²) in [6.45, 7) is 7.42. The molecule has 1 saturated heterocycles. The van der Waals surface area contributed by atoms with E-state index in [1.165, 1.54) is 0 Å². The second-order valence-corrected chi connectivity index (χ2v) is 3.42. The fourth-order valence-corrected chi connectivity index (χ4v) is 1.74. The lowest BCUT2D eigenvalue weighted by Crippen LogP contribution is -2.50. The highest BCUT2D eigenvalue weighted by Gasteiger charge is 2.25. The van der Waals surface area contributed by atoms with E-state index in [2.05, 4.69) is 32.0 Å². The monoisotopic (exact) mass is 207 g/mol. The number of aliphatic imine (C=N–C) groups is 1. The maximum Gasteiger partial charge on any atom is 0.387 e. The third-order valence-corrected chi connectivity index (χ3v) is 2.48. The number of rotatable bonds is 3. The number of carbonyl (C=O) groups excluding carboxylic acids is 1. The molecule has 0 bridgehead atoms. The van der Waals surface area contributed by atoms with Gasteiger partial charge in [0.15, 0.2) is 5.84 Å². The number of urea groups is 1. The third kappa shape index (κ3) is 2.16. The predicted octanol–water partition coefficient (Wildman–Crippen LogP) is 0.430. The van der Waals surface area contributed by atoms with Crippen molar-refractivity contribution in [1.82, 2.24) is 10.2 Å². The molecule has 2 aliphatic rings. The van der Waals surface area contributed by atoms with Gasteiger partial charge in [0.25, 0.3) is 0 Å². The molecule has 6 nitrogen and oxygen atoms in total.